The van der Waals surface area contributed by atoms with E-state index in [-0.39, 0.29) is 91.2 Å². The summed E-state index contributed by atoms with van der Waals surface area (Å²) < 4.78 is 53.7. The highest BCUT2D eigenvalue weighted by molar-refractivity contribution is 5.71. The lowest BCUT2D eigenvalue weighted by atomic mass is 9.72. The van der Waals surface area contributed by atoms with Gasteiger partial charge in [0.1, 0.15) is 116 Å². The summed E-state index contributed by atoms with van der Waals surface area (Å²) in [5.41, 5.74) is 9.76. The van der Waals surface area contributed by atoms with Crippen molar-refractivity contribution in [3.05, 3.63) is 287 Å². The molecule has 0 atom stereocenters. The summed E-state index contributed by atoms with van der Waals surface area (Å²) >= 11 is 0. The van der Waals surface area contributed by atoms with Gasteiger partial charge in [0.2, 0.25) is 0 Å². The Morgan fingerprint density at radius 3 is 0.680 bits per heavy atom. The van der Waals surface area contributed by atoms with Crippen molar-refractivity contribution in [3.8, 4) is 116 Å². The molecule has 0 fully saturated rings. The van der Waals surface area contributed by atoms with Gasteiger partial charge < -0.3 is 37.9 Å². The summed E-state index contributed by atoms with van der Waals surface area (Å²) in [5.74, 6) is 4.89. The Kier molecular flexibility index (Phi) is 17.4. The van der Waals surface area contributed by atoms with Crippen molar-refractivity contribution in [2.45, 2.75) is 84.5 Å². The molecule has 0 N–H and O–H groups in total. The van der Waals surface area contributed by atoms with Crippen molar-refractivity contribution in [2.24, 2.45) is 0 Å². The maximum Gasteiger partial charge on any atom is 0.170 e. The molecule has 2 aliphatic rings. The van der Waals surface area contributed by atoms with E-state index in [1.165, 1.54) is 0 Å². The standard InChI is InChI=1S/C85H68N4O8/c1-51(2)55-25-33-59(34-26-55)90-71-17-13-21-75(63(71)45-86)94-79-41-67-69(43-81(79)96-77-23-15-19-73(65(77)47-88)92-61-37-29-57(30-38-61)53(5)6)85(49-83(67,9)10)50-84(11,12)68-42-80(95-76-22-14-18-72(64(76)46-87)91-60-35-27-56(28-36-60)52(3)4)82(44-70(68)85)97-78-24-16-20-74(66(78)48-89)93-62-39-31-58(32-40-62)54(7)8/h13-44H,1,3,5,7,49-50H2,2,4,6,8-12H3. The van der Waals surface area contributed by atoms with Crippen LogP contribution < -0.4 is 37.9 Å². The van der Waals surface area contributed by atoms with Gasteiger partial charge in [0.15, 0.2) is 23.0 Å². The first kappa shape index (κ1) is 64.6. The molecule has 12 heteroatoms. The topological polar surface area (TPSA) is 169 Å². The molecule has 2 aliphatic carbocycles. The Labute approximate surface area is 566 Å². The van der Waals surface area contributed by atoms with Crippen LogP contribution in [0.5, 0.6) is 92.0 Å². The molecule has 0 amide bonds. The Morgan fingerprint density at radius 1 is 0.289 bits per heavy atom. The van der Waals surface area contributed by atoms with Crippen LogP contribution in [-0.2, 0) is 16.2 Å². The largest absolute Gasteiger partial charge is 0.456 e. The molecule has 12 rings (SSSR count). The van der Waals surface area contributed by atoms with Crippen LogP contribution in [0.1, 0.15) is 135 Å². The number of ether oxygens (including phenoxy) is 8. The first-order valence-electron chi connectivity index (χ1n) is 31.6. The van der Waals surface area contributed by atoms with Crippen LogP contribution in [0.25, 0.3) is 22.3 Å². The minimum atomic E-state index is -0.778. The Bertz CT molecular complexity index is 4710. The Morgan fingerprint density at radius 2 is 0.485 bits per heavy atom. The van der Waals surface area contributed by atoms with Gasteiger partial charge in [0.25, 0.3) is 0 Å². The molecule has 12 nitrogen and oxygen atoms in total. The quantitative estimate of drug-likeness (QED) is 0.0709. The van der Waals surface area contributed by atoms with Crippen LogP contribution in [0.2, 0.25) is 0 Å². The number of allylic oxidation sites excluding steroid dienone is 4. The molecule has 0 unspecified atom stereocenters. The zero-order valence-corrected chi connectivity index (χ0v) is 55.3. The molecule has 10 aromatic rings. The van der Waals surface area contributed by atoms with Gasteiger partial charge in [0, 0.05) is 5.41 Å². The fraction of sp³-hybridized carbons (Fsp3) is 0.153. The van der Waals surface area contributed by atoms with E-state index in [4.69, 9.17) is 37.9 Å². The van der Waals surface area contributed by atoms with E-state index in [9.17, 15) is 21.0 Å². The van der Waals surface area contributed by atoms with Gasteiger partial charge in [-0.1, -0.05) is 149 Å². The number of nitrogens with zero attached hydrogens (tertiary/aromatic N) is 4. The summed E-state index contributed by atoms with van der Waals surface area (Å²) in [4.78, 5) is 0. The summed E-state index contributed by atoms with van der Waals surface area (Å²) in [6.07, 6.45) is 1.18. The molecule has 0 aliphatic heterocycles. The number of benzene rings is 10. The van der Waals surface area contributed by atoms with Crippen molar-refractivity contribution >= 4 is 22.3 Å². The number of fused-ring (bicyclic) bond motifs is 4. The van der Waals surface area contributed by atoms with Gasteiger partial charge in [0.05, 0.1) is 0 Å². The average molecular weight is 1270 g/mol. The van der Waals surface area contributed by atoms with E-state index in [1.807, 2.05) is 149 Å². The highest BCUT2D eigenvalue weighted by Gasteiger charge is 2.57. The van der Waals surface area contributed by atoms with Crippen LogP contribution in [0.15, 0.2) is 220 Å². The van der Waals surface area contributed by atoms with E-state index in [2.05, 4.69) is 78.3 Å². The summed E-state index contributed by atoms with van der Waals surface area (Å²) in [6.45, 7) is 32.8. The lowest BCUT2D eigenvalue weighted by Gasteiger charge is -2.31. The van der Waals surface area contributed by atoms with Crippen molar-refractivity contribution < 1.29 is 37.9 Å². The van der Waals surface area contributed by atoms with Crippen LogP contribution in [-0.4, -0.2) is 0 Å². The van der Waals surface area contributed by atoms with E-state index in [0.717, 1.165) is 66.8 Å². The minimum Gasteiger partial charge on any atom is -0.456 e. The van der Waals surface area contributed by atoms with Gasteiger partial charge in [-0.05, 0) is 217 Å². The third kappa shape index (κ3) is 12.9. The number of rotatable bonds is 20. The third-order valence-electron chi connectivity index (χ3n) is 17.7. The molecule has 0 radical (unpaired) electrons. The van der Waals surface area contributed by atoms with Gasteiger partial charge in [-0.25, -0.2) is 0 Å². The van der Waals surface area contributed by atoms with E-state index >= 15 is 0 Å². The van der Waals surface area contributed by atoms with E-state index in [0.29, 0.717) is 35.8 Å². The van der Waals surface area contributed by atoms with Crippen molar-refractivity contribution in [1.29, 1.82) is 21.0 Å². The van der Waals surface area contributed by atoms with E-state index < -0.39 is 16.2 Å². The predicted molar refractivity (Wildman–Crippen MR) is 379 cm³/mol. The van der Waals surface area contributed by atoms with Gasteiger partial charge in [-0.2, -0.15) is 21.0 Å². The van der Waals surface area contributed by atoms with E-state index in [1.54, 1.807) is 72.8 Å². The lowest BCUT2D eigenvalue weighted by molar-refractivity contribution is 0.349. The fourth-order valence-electron chi connectivity index (χ4n) is 13.0. The average Bonchev–Trinajstić information content (AvgIpc) is 1.52. The highest BCUT2D eigenvalue weighted by atomic mass is 16.5. The maximum absolute atomic E-state index is 11.0. The number of hydrogen-bond donors (Lipinski definition) is 0. The SMILES string of the molecule is C=C(C)c1ccc(Oc2cccc(Oc3cc4c(cc3Oc3cccc(Oc5ccc(C(=C)C)cc5)c3C#N)C3(CC4(C)C)CC(C)(C)c4cc(Oc5cccc(Oc6ccc(C(=C)C)cc6)c5C#N)c(Oc5cccc(Oc6ccc(C(=C)C)cc6)c5C#N)cc43)c2C#N)cc1. The van der Waals surface area contributed by atoms with Crippen molar-refractivity contribution in [3.63, 3.8) is 0 Å². The lowest BCUT2D eigenvalue weighted by Crippen LogP contribution is -2.27. The molecule has 0 aromatic heterocycles. The Balaban J connectivity index is 1.02. The molecule has 0 bridgehead atoms. The normalized spacial score (nSPS) is 13.2. The molecular formula is C85H68N4O8. The minimum absolute atomic E-state index is 0.126. The summed E-state index contributed by atoms with van der Waals surface area (Å²) in [6, 6.07) is 67.9. The monoisotopic (exact) mass is 1270 g/mol. The van der Waals surface area contributed by atoms with Crippen molar-refractivity contribution in [2.75, 3.05) is 0 Å². The molecule has 1 spiro atoms. The second kappa shape index (κ2) is 26.1. The van der Waals surface area contributed by atoms with Crippen LogP contribution in [0.4, 0.5) is 0 Å². The fourth-order valence-corrected chi connectivity index (χ4v) is 13.0. The molecule has 97 heavy (non-hydrogen) atoms. The van der Waals surface area contributed by atoms with Gasteiger partial charge in [-0.3, -0.25) is 0 Å². The predicted octanol–water partition coefficient (Wildman–Crippen LogP) is 23.3. The molecule has 0 saturated carbocycles. The zero-order chi connectivity index (χ0) is 68.5. The zero-order valence-electron chi connectivity index (χ0n) is 55.3. The van der Waals surface area contributed by atoms with Crippen LogP contribution >= 0.6 is 0 Å². The molecular weight excluding hydrogens is 1200 g/mol. The first-order chi connectivity index (χ1) is 46.6. The van der Waals surface area contributed by atoms with Crippen LogP contribution in [0.3, 0.4) is 0 Å². The second-order valence-electron chi connectivity index (χ2n) is 25.9. The van der Waals surface area contributed by atoms with Gasteiger partial charge in [-0.15, -0.1) is 0 Å². The molecule has 10 aromatic carbocycles. The second-order valence-corrected chi connectivity index (χ2v) is 25.9. The van der Waals surface area contributed by atoms with Gasteiger partial charge >= 0.3 is 0 Å². The van der Waals surface area contributed by atoms with Crippen LogP contribution in [0, 0.1) is 45.3 Å². The molecule has 476 valence electrons. The Hall–Kier alpha value is -12.5. The first-order valence-corrected chi connectivity index (χ1v) is 31.6. The smallest absolute Gasteiger partial charge is 0.170 e. The number of nitriles is 4. The third-order valence-corrected chi connectivity index (χ3v) is 17.7. The molecule has 0 heterocycles. The number of hydrogen-bond acceptors (Lipinski definition) is 12. The summed E-state index contributed by atoms with van der Waals surface area (Å²) in [5, 5.41) is 43.9. The highest BCUT2D eigenvalue weighted by Crippen LogP contribution is 2.66. The maximum atomic E-state index is 11.0. The summed E-state index contributed by atoms with van der Waals surface area (Å²) in [7, 11) is 0. The van der Waals surface area contributed by atoms with Crippen molar-refractivity contribution in [1.82, 2.24) is 0 Å². The molecule has 0 saturated heterocycles.